The average Bonchev–Trinajstić information content (AvgIpc) is 2.31. The number of halogens is 2. The van der Waals surface area contributed by atoms with Crippen molar-refractivity contribution in [2.45, 2.75) is 6.42 Å². The van der Waals surface area contributed by atoms with E-state index in [0.717, 1.165) is 6.42 Å². The second kappa shape index (κ2) is 6.86. The SMILES string of the molecule is C=CCCNC(=O)/C=C/c1ccc(F)c(Cl)c1. The molecule has 17 heavy (non-hydrogen) atoms. The molecule has 0 aliphatic heterocycles. The summed E-state index contributed by atoms with van der Waals surface area (Å²) in [5.74, 6) is -0.674. The van der Waals surface area contributed by atoms with Crippen LogP contribution in [0.15, 0.2) is 36.9 Å². The molecule has 0 fully saturated rings. The van der Waals surface area contributed by atoms with Crippen LogP contribution in [0, 0.1) is 5.82 Å². The van der Waals surface area contributed by atoms with Gasteiger partial charge in [0.15, 0.2) is 0 Å². The molecule has 90 valence electrons. The van der Waals surface area contributed by atoms with E-state index in [1.54, 1.807) is 18.2 Å². The van der Waals surface area contributed by atoms with Crippen LogP contribution in [0.3, 0.4) is 0 Å². The summed E-state index contributed by atoms with van der Waals surface area (Å²) in [7, 11) is 0. The largest absolute Gasteiger partial charge is 0.352 e. The summed E-state index contributed by atoms with van der Waals surface area (Å²) in [6.45, 7) is 4.10. The fourth-order valence-corrected chi connectivity index (χ4v) is 1.33. The molecule has 0 atom stereocenters. The minimum atomic E-state index is -0.473. The highest BCUT2D eigenvalue weighted by atomic mass is 35.5. The standard InChI is InChI=1S/C13H13ClFNO/c1-2-3-8-16-13(17)7-5-10-4-6-12(15)11(14)9-10/h2,4-7,9H,1,3,8H2,(H,16,17)/b7-5+. The first-order valence-electron chi connectivity index (χ1n) is 5.15. The molecule has 0 spiro atoms. The molecular weight excluding hydrogens is 241 g/mol. The summed E-state index contributed by atoms with van der Waals surface area (Å²) in [6, 6.07) is 4.27. The summed E-state index contributed by atoms with van der Waals surface area (Å²) >= 11 is 5.61. The van der Waals surface area contributed by atoms with Crippen molar-refractivity contribution in [3.8, 4) is 0 Å². The Labute approximate surface area is 105 Å². The summed E-state index contributed by atoms with van der Waals surface area (Å²) < 4.78 is 12.9. The molecule has 0 aliphatic rings. The van der Waals surface area contributed by atoms with Gasteiger partial charge in [0.05, 0.1) is 5.02 Å². The maximum atomic E-state index is 12.9. The molecule has 1 amide bonds. The number of carbonyl (C=O) groups excluding carboxylic acids is 1. The van der Waals surface area contributed by atoms with E-state index in [2.05, 4.69) is 11.9 Å². The first kappa shape index (κ1) is 13.5. The molecule has 0 heterocycles. The van der Waals surface area contributed by atoms with Crippen LogP contribution >= 0.6 is 11.6 Å². The van der Waals surface area contributed by atoms with Gasteiger partial charge in [-0.3, -0.25) is 4.79 Å². The van der Waals surface area contributed by atoms with E-state index in [1.807, 2.05) is 0 Å². The predicted molar refractivity (Wildman–Crippen MR) is 68.3 cm³/mol. The van der Waals surface area contributed by atoms with E-state index >= 15 is 0 Å². The first-order chi connectivity index (χ1) is 8.13. The zero-order chi connectivity index (χ0) is 12.7. The highest BCUT2D eigenvalue weighted by Crippen LogP contribution is 2.16. The molecular formula is C13H13ClFNO. The third-order valence-corrected chi connectivity index (χ3v) is 2.31. The highest BCUT2D eigenvalue weighted by molar-refractivity contribution is 6.30. The van der Waals surface area contributed by atoms with Gasteiger partial charge in [-0.15, -0.1) is 6.58 Å². The van der Waals surface area contributed by atoms with Crippen molar-refractivity contribution in [2.75, 3.05) is 6.54 Å². The Bertz CT molecular complexity index is 443. The van der Waals surface area contributed by atoms with Gasteiger partial charge < -0.3 is 5.32 Å². The van der Waals surface area contributed by atoms with E-state index in [9.17, 15) is 9.18 Å². The molecule has 4 heteroatoms. The molecule has 0 aromatic heterocycles. The van der Waals surface area contributed by atoms with Gasteiger partial charge in [-0.2, -0.15) is 0 Å². The zero-order valence-electron chi connectivity index (χ0n) is 9.25. The first-order valence-corrected chi connectivity index (χ1v) is 5.53. The number of hydrogen-bond acceptors (Lipinski definition) is 1. The van der Waals surface area contributed by atoms with Crippen molar-refractivity contribution in [3.63, 3.8) is 0 Å². The predicted octanol–water partition coefficient (Wildman–Crippen LogP) is 3.18. The van der Waals surface area contributed by atoms with Gasteiger partial charge in [-0.1, -0.05) is 23.7 Å². The van der Waals surface area contributed by atoms with Gasteiger partial charge in [0.1, 0.15) is 5.82 Å². The lowest BCUT2D eigenvalue weighted by atomic mass is 10.2. The van der Waals surface area contributed by atoms with Crippen LogP contribution in [0.5, 0.6) is 0 Å². The Balaban J connectivity index is 2.54. The fraction of sp³-hybridized carbons (Fsp3) is 0.154. The topological polar surface area (TPSA) is 29.1 Å². The lowest BCUT2D eigenvalue weighted by molar-refractivity contribution is -0.116. The second-order valence-corrected chi connectivity index (χ2v) is 3.78. The second-order valence-electron chi connectivity index (χ2n) is 3.38. The monoisotopic (exact) mass is 253 g/mol. The van der Waals surface area contributed by atoms with Crippen molar-refractivity contribution in [2.24, 2.45) is 0 Å². The maximum absolute atomic E-state index is 12.9. The quantitative estimate of drug-likeness (QED) is 0.487. The van der Waals surface area contributed by atoms with E-state index < -0.39 is 5.82 Å². The summed E-state index contributed by atoms with van der Waals surface area (Å²) in [4.78, 5) is 11.3. The Morgan fingerprint density at radius 2 is 2.29 bits per heavy atom. The number of hydrogen-bond donors (Lipinski definition) is 1. The summed E-state index contributed by atoms with van der Waals surface area (Å²) in [6.07, 6.45) is 5.41. The van der Waals surface area contributed by atoms with Crippen LogP contribution in [0.25, 0.3) is 6.08 Å². The van der Waals surface area contributed by atoms with E-state index in [1.165, 1.54) is 18.2 Å². The molecule has 1 rings (SSSR count). The number of rotatable bonds is 5. The zero-order valence-corrected chi connectivity index (χ0v) is 10.0. The Morgan fingerprint density at radius 3 is 2.94 bits per heavy atom. The lowest BCUT2D eigenvalue weighted by Crippen LogP contribution is -2.21. The van der Waals surface area contributed by atoms with Crippen LogP contribution in [0.4, 0.5) is 4.39 Å². The molecule has 0 bridgehead atoms. The molecule has 0 radical (unpaired) electrons. The van der Waals surface area contributed by atoms with Gasteiger partial charge in [0.25, 0.3) is 0 Å². The van der Waals surface area contributed by atoms with Crippen molar-refractivity contribution in [3.05, 3.63) is 53.3 Å². The third-order valence-electron chi connectivity index (χ3n) is 2.02. The van der Waals surface area contributed by atoms with Crippen LogP contribution in [0.1, 0.15) is 12.0 Å². The Morgan fingerprint density at radius 1 is 1.53 bits per heavy atom. The van der Waals surface area contributed by atoms with E-state index in [4.69, 9.17) is 11.6 Å². The third kappa shape index (κ3) is 4.83. The average molecular weight is 254 g/mol. The van der Waals surface area contributed by atoms with E-state index in [0.29, 0.717) is 12.1 Å². The Kier molecular flexibility index (Phi) is 5.43. The summed E-state index contributed by atoms with van der Waals surface area (Å²) in [5, 5.41) is 2.72. The maximum Gasteiger partial charge on any atom is 0.244 e. The summed E-state index contributed by atoms with van der Waals surface area (Å²) in [5.41, 5.74) is 0.676. The molecule has 1 aromatic rings. The van der Waals surface area contributed by atoms with Crippen LogP contribution in [0.2, 0.25) is 5.02 Å². The normalized spacial score (nSPS) is 10.5. The van der Waals surface area contributed by atoms with Crippen LogP contribution in [-0.4, -0.2) is 12.5 Å². The van der Waals surface area contributed by atoms with Gasteiger partial charge in [-0.05, 0) is 30.2 Å². The number of carbonyl (C=O) groups is 1. The van der Waals surface area contributed by atoms with Crippen molar-refractivity contribution in [1.82, 2.24) is 5.32 Å². The smallest absolute Gasteiger partial charge is 0.244 e. The minimum absolute atomic E-state index is 0.0409. The van der Waals surface area contributed by atoms with Gasteiger partial charge in [0.2, 0.25) is 5.91 Å². The van der Waals surface area contributed by atoms with E-state index in [-0.39, 0.29) is 10.9 Å². The van der Waals surface area contributed by atoms with Crippen molar-refractivity contribution >= 4 is 23.6 Å². The number of benzene rings is 1. The lowest BCUT2D eigenvalue weighted by Gasteiger charge is -1.99. The highest BCUT2D eigenvalue weighted by Gasteiger charge is 1.99. The molecule has 1 N–H and O–H groups in total. The molecule has 0 saturated carbocycles. The molecule has 0 unspecified atom stereocenters. The molecule has 2 nitrogen and oxygen atoms in total. The van der Waals surface area contributed by atoms with Gasteiger partial charge >= 0.3 is 0 Å². The molecule has 1 aromatic carbocycles. The molecule has 0 aliphatic carbocycles. The van der Waals surface area contributed by atoms with Gasteiger partial charge in [0, 0.05) is 12.6 Å². The molecule has 0 saturated heterocycles. The van der Waals surface area contributed by atoms with Crippen LogP contribution < -0.4 is 5.32 Å². The minimum Gasteiger partial charge on any atom is -0.352 e. The van der Waals surface area contributed by atoms with Crippen molar-refractivity contribution < 1.29 is 9.18 Å². The van der Waals surface area contributed by atoms with Crippen LogP contribution in [-0.2, 0) is 4.79 Å². The fourth-order valence-electron chi connectivity index (χ4n) is 1.14. The number of amides is 1. The van der Waals surface area contributed by atoms with Gasteiger partial charge in [-0.25, -0.2) is 4.39 Å². The number of nitrogens with one attached hydrogen (secondary N) is 1. The van der Waals surface area contributed by atoms with Crippen molar-refractivity contribution in [1.29, 1.82) is 0 Å². The Hall–Kier alpha value is -1.61.